The molecule has 1 amide bonds. The largest absolute Gasteiger partial charge is 0.271 e. The van der Waals surface area contributed by atoms with Gasteiger partial charge in [0.15, 0.2) is 0 Å². The molecular formula is C26H27Cl2N3O3S. The molecule has 3 rings (SSSR count). The van der Waals surface area contributed by atoms with Gasteiger partial charge >= 0.3 is 0 Å². The Kier molecular flexibility index (Phi) is 8.59. The Labute approximate surface area is 216 Å². The van der Waals surface area contributed by atoms with E-state index in [1.165, 1.54) is 30.3 Å². The first kappa shape index (κ1) is 26.7. The monoisotopic (exact) mass is 531 g/mol. The van der Waals surface area contributed by atoms with Crippen molar-refractivity contribution in [2.75, 3.05) is 10.8 Å². The van der Waals surface area contributed by atoms with Crippen LogP contribution in [0.5, 0.6) is 0 Å². The fourth-order valence-corrected chi connectivity index (χ4v) is 5.65. The molecule has 3 aromatic rings. The van der Waals surface area contributed by atoms with E-state index in [4.69, 9.17) is 23.2 Å². The third kappa shape index (κ3) is 7.07. The zero-order valence-corrected chi connectivity index (χ0v) is 22.0. The van der Waals surface area contributed by atoms with Crippen molar-refractivity contribution in [3.63, 3.8) is 0 Å². The fourth-order valence-electron chi connectivity index (χ4n) is 3.71. The van der Waals surface area contributed by atoms with Crippen molar-refractivity contribution >= 4 is 50.5 Å². The lowest BCUT2D eigenvalue weighted by Gasteiger charge is -2.25. The minimum absolute atomic E-state index is 0.0354. The zero-order chi connectivity index (χ0) is 25.6. The van der Waals surface area contributed by atoms with Gasteiger partial charge in [0.1, 0.15) is 6.54 Å². The van der Waals surface area contributed by atoms with Gasteiger partial charge in [0, 0.05) is 15.8 Å². The van der Waals surface area contributed by atoms with E-state index in [1.807, 2.05) is 37.3 Å². The summed E-state index contributed by atoms with van der Waals surface area (Å²) in [6, 6.07) is 22.2. The number of benzene rings is 3. The van der Waals surface area contributed by atoms with Crippen LogP contribution in [0, 0.1) is 0 Å². The maximum absolute atomic E-state index is 13.4. The molecule has 35 heavy (non-hydrogen) atoms. The lowest BCUT2D eigenvalue weighted by molar-refractivity contribution is -0.119. The molecular weight excluding hydrogens is 505 g/mol. The third-order valence-electron chi connectivity index (χ3n) is 5.38. The van der Waals surface area contributed by atoms with Crippen molar-refractivity contribution in [1.82, 2.24) is 5.43 Å². The molecule has 0 bridgehead atoms. The van der Waals surface area contributed by atoms with Gasteiger partial charge in [-0.3, -0.25) is 9.10 Å². The normalized spacial score (nSPS) is 12.3. The summed E-state index contributed by atoms with van der Waals surface area (Å²) in [6.45, 7) is 5.51. The minimum atomic E-state index is -4.08. The second kappa shape index (κ2) is 11.2. The van der Waals surface area contributed by atoms with E-state index in [-0.39, 0.29) is 26.0 Å². The van der Waals surface area contributed by atoms with Crippen LogP contribution in [0.25, 0.3) is 0 Å². The van der Waals surface area contributed by atoms with E-state index in [9.17, 15) is 13.2 Å². The molecule has 0 fully saturated rings. The minimum Gasteiger partial charge on any atom is -0.271 e. The molecule has 6 nitrogen and oxygen atoms in total. The summed E-state index contributed by atoms with van der Waals surface area (Å²) in [7, 11) is -4.08. The third-order valence-corrected chi connectivity index (χ3v) is 7.60. The predicted molar refractivity (Wildman–Crippen MR) is 143 cm³/mol. The van der Waals surface area contributed by atoms with E-state index < -0.39 is 22.5 Å². The first-order chi connectivity index (χ1) is 16.5. The predicted octanol–water partition coefficient (Wildman–Crippen LogP) is 6.05. The summed E-state index contributed by atoms with van der Waals surface area (Å²) in [5, 5.41) is 4.71. The molecule has 0 saturated heterocycles. The molecule has 0 saturated carbocycles. The Morgan fingerprint density at radius 2 is 1.49 bits per heavy atom. The molecule has 0 radical (unpaired) electrons. The molecule has 3 aromatic carbocycles. The molecule has 0 aliphatic rings. The van der Waals surface area contributed by atoms with Crippen molar-refractivity contribution in [2.45, 2.75) is 37.5 Å². The average Bonchev–Trinajstić information content (AvgIpc) is 2.81. The molecule has 0 aliphatic carbocycles. The van der Waals surface area contributed by atoms with Gasteiger partial charge in [-0.25, -0.2) is 13.8 Å². The van der Waals surface area contributed by atoms with Gasteiger partial charge in [-0.15, -0.1) is 0 Å². The maximum atomic E-state index is 13.4. The number of sulfonamides is 1. The molecule has 1 N–H and O–H groups in total. The Balaban J connectivity index is 1.82. The van der Waals surface area contributed by atoms with Crippen LogP contribution in [0.15, 0.2) is 88.9 Å². The molecule has 0 heterocycles. The highest BCUT2D eigenvalue weighted by Gasteiger charge is 2.28. The Morgan fingerprint density at radius 3 is 2.06 bits per heavy atom. The first-order valence-electron chi connectivity index (χ1n) is 10.9. The summed E-state index contributed by atoms with van der Waals surface area (Å²) in [5.41, 5.74) is 4.32. The van der Waals surface area contributed by atoms with Gasteiger partial charge in [-0.1, -0.05) is 85.6 Å². The Morgan fingerprint density at radius 1 is 0.943 bits per heavy atom. The van der Waals surface area contributed by atoms with Crippen LogP contribution in [0.2, 0.25) is 10.0 Å². The highest BCUT2D eigenvalue weighted by molar-refractivity contribution is 7.92. The van der Waals surface area contributed by atoms with E-state index in [0.717, 1.165) is 9.87 Å². The molecule has 0 aromatic heterocycles. The maximum Gasteiger partial charge on any atom is 0.264 e. The van der Waals surface area contributed by atoms with Crippen LogP contribution in [-0.4, -0.2) is 26.6 Å². The zero-order valence-electron chi connectivity index (χ0n) is 19.7. The van der Waals surface area contributed by atoms with Gasteiger partial charge < -0.3 is 0 Å². The van der Waals surface area contributed by atoms with E-state index in [1.54, 1.807) is 18.2 Å². The van der Waals surface area contributed by atoms with Crippen molar-refractivity contribution in [1.29, 1.82) is 0 Å². The van der Waals surface area contributed by atoms with Gasteiger partial charge in [-0.2, -0.15) is 5.10 Å². The van der Waals surface area contributed by atoms with Crippen LogP contribution in [-0.2, 0) is 20.2 Å². The molecule has 0 aliphatic heterocycles. The first-order valence-corrected chi connectivity index (χ1v) is 13.1. The average molecular weight is 532 g/mol. The molecule has 0 unspecified atom stereocenters. The van der Waals surface area contributed by atoms with Crippen LogP contribution < -0.4 is 9.73 Å². The van der Waals surface area contributed by atoms with Gasteiger partial charge in [0.05, 0.1) is 10.6 Å². The lowest BCUT2D eigenvalue weighted by atomic mass is 9.80. The van der Waals surface area contributed by atoms with E-state index >= 15 is 0 Å². The van der Waals surface area contributed by atoms with Crippen molar-refractivity contribution in [3.8, 4) is 0 Å². The van der Waals surface area contributed by atoms with Gasteiger partial charge in [0.2, 0.25) is 0 Å². The number of nitrogens with zero attached hydrogens (tertiary/aromatic N) is 2. The van der Waals surface area contributed by atoms with Crippen LogP contribution in [0.1, 0.15) is 32.8 Å². The summed E-state index contributed by atoms with van der Waals surface area (Å²) >= 11 is 12.2. The molecule has 0 atom stereocenters. The summed E-state index contributed by atoms with van der Waals surface area (Å²) < 4.78 is 27.8. The van der Waals surface area contributed by atoms with Crippen LogP contribution in [0.4, 0.5) is 5.69 Å². The van der Waals surface area contributed by atoms with Crippen molar-refractivity contribution in [2.24, 2.45) is 5.10 Å². The number of rotatable bonds is 9. The number of hydrogen-bond acceptors (Lipinski definition) is 4. The van der Waals surface area contributed by atoms with Gasteiger partial charge in [-0.05, 0) is 54.7 Å². The molecule has 184 valence electrons. The second-order valence-corrected chi connectivity index (χ2v) is 11.5. The van der Waals surface area contributed by atoms with Crippen molar-refractivity contribution in [3.05, 3.63) is 94.5 Å². The number of halogens is 2. The van der Waals surface area contributed by atoms with E-state index in [2.05, 4.69) is 24.4 Å². The number of hydrazone groups is 1. The topological polar surface area (TPSA) is 78.8 Å². The highest BCUT2D eigenvalue weighted by Crippen LogP contribution is 2.30. The van der Waals surface area contributed by atoms with E-state index in [0.29, 0.717) is 12.1 Å². The van der Waals surface area contributed by atoms with Crippen LogP contribution in [0.3, 0.4) is 0 Å². The number of carbonyl (C=O) groups is 1. The standard InChI is InChI=1S/C26H27Cl2N3O3S/c1-19(17-26(2,3)20-10-6-4-7-11-20)29-30-25(32)18-31(23-15-21(27)14-22(28)16-23)35(33,34)24-12-8-5-9-13-24/h4-16H,17-18H2,1-3H3,(H,30,32)/b29-19-. The number of hydrogen-bond donors (Lipinski definition) is 1. The number of amides is 1. The second-order valence-electron chi connectivity index (χ2n) is 8.76. The lowest BCUT2D eigenvalue weighted by Crippen LogP contribution is -2.40. The molecule has 9 heteroatoms. The molecule has 0 spiro atoms. The summed E-state index contributed by atoms with van der Waals surface area (Å²) in [6.07, 6.45) is 0.604. The summed E-state index contributed by atoms with van der Waals surface area (Å²) in [5.74, 6) is -0.600. The van der Waals surface area contributed by atoms with Crippen LogP contribution >= 0.6 is 23.2 Å². The van der Waals surface area contributed by atoms with Crippen molar-refractivity contribution < 1.29 is 13.2 Å². The number of carbonyl (C=O) groups excluding carboxylic acids is 1. The summed E-state index contributed by atoms with van der Waals surface area (Å²) in [4.78, 5) is 12.9. The van der Waals surface area contributed by atoms with Gasteiger partial charge in [0.25, 0.3) is 15.9 Å². The highest BCUT2D eigenvalue weighted by atomic mass is 35.5. The Bertz CT molecular complexity index is 1290. The smallest absolute Gasteiger partial charge is 0.264 e. The number of nitrogens with one attached hydrogen (secondary N) is 1. The quantitative estimate of drug-likeness (QED) is 0.269. The number of anilines is 1. The fraction of sp³-hybridized carbons (Fsp3) is 0.231. The SMILES string of the molecule is C/C(CC(C)(C)c1ccccc1)=N/NC(=O)CN(c1cc(Cl)cc(Cl)c1)S(=O)(=O)c1ccccc1. The Hall–Kier alpha value is -2.87.